The van der Waals surface area contributed by atoms with E-state index in [1.807, 2.05) is 33.8 Å². The Morgan fingerprint density at radius 3 is 2.45 bits per heavy atom. The molecule has 6 atom stereocenters. The van der Waals surface area contributed by atoms with Crippen LogP contribution in [0.5, 0.6) is 0 Å². The maximum Gasteiger partial charge on any atom is 0.408 e. The molecule has 3 heterocycles. The number of nitrogens with zero attached hydrogens (tertiary/aromatic N) is 2. The van der Waals surface area contributed by atoms with Gasteiger partial charge < -0.3 is 29.3 Å². The zero-order valence-electron chi connectivity index (χ0n) is 29.4. The summed E-state index contributed by atoms with van der Waals surface area (Å²) in [6.07, 6.45) is 2.81. The van der Waals surface area contributed by atoms with E-state index >= 15 is 0 Å². The van der Waals surface area contributed by atoms with Gasteiger partial charge in [0.15, 0.2) is 17.2 Å². The van der Waals surface area contributed by atoms with Crippen molar-refractivity contribution in [2.24, 2.45) is 22.4 Å². The third kappa shape index (κ3) is 8.94. The van der Waals surface area contributed by atoms with E-state index in [0.29, 0.717) is 44.0 Å². The molecule has 2 amide bonds. The van der Waals surface area contributed by atoms with Crippen LogP contribution >= 0.6 is 0 Å². The predicted molar refractivity (Wildman–Crippen MR) is 180 cm³/mol. The van der Waals surface area contributed by atoms with Crippen LogP contribution in [-0.2, 0) is 33.4 Å². The normalized spacial score (nSPS) is 25.3. The smallest absolute Gasteiger partial charge is 0.408 e. The van der Waals surface area contributed by atoms with Gasteiger partial charge in [0.1, 0.15) is 24.0 Å². The van der Waals surface area contributed by atoms with E-state index < -0.39 is 47.3 Å². The number of likely N-dealkylation sites (tertiary alicyclic amines) is 1. The van der Waals surface area contributed by atoms with Crippen LogP contribution in [0.4, 0.5) is 4.79 Å². The van der Waals surface area contributed by atoms with E-state index in [9.17, 15) is 24.0 Å². The summed E-state index contributed by atoms with van der Waals surface area (Å²) in [6, 6.07) is 6.78. The molecule has 1 spiro atoms. The van der Waals surface area contributed by atoms with E-state index in [4.69, 9.17) is 19.0 Å². The van der Waals surface area contributed by atoms with Crippen molar-refractivity contribution in [3.8, 4) is 0 Å². The summed E-state index contributed by atoms with van der Waals surface area (Å²) in [4.78, 5) is 75.9. The van der Waals surface area contributed by atoms with Crippen molar-refractivity contribution in [1.82, 2.24) is 10.2 Å². The second-order valence-corrected chi connectivity index (χ2v) is 15.2. The third-order valence-corrected chi connectivity index (χ3v) is 10.0. The summed E-state index contributed by atoms with van der Waals surface area (Å²) < 4.78 is 16.6. The average Bonchev–Trinajstić information content (AvgIpc) is 3.41. The molecule has 3 fully saturated rings. The molecule has 1 N–H and O–H groups in total. The fraction of sp³-hybridized carbons (Fsp3) is 0.676. The number of amides is 2. The molecule has 49 heavy (non-hydrogen) atoms. The first-order valence-corrected chi connectivity index (χ1v) is 17.6. The number of Topliss-reactive ketones (excluding diaryl/α,β-unsaturated/α-hetero) is 3. The topological polar surface area (TPSA) is 150 Å². The van der Waals surface area contributed by atoms with Crippen LogP contribution in [0, 0.1) is 17.3 Å². The van der Waals surface area contributed by atoms with Gasteiger partial charge in [-0.3, -0.25) is 19.2 Å². The molecule has 1 unspecified atom stereocenters. The number of hydrogen-bond donors (Lipinski definition) is 1. The van der Waals surface area contributed by atoms with Crippen molar-refractivity contribution in [2.75, 3.05) is 26.9 Å². The van der Waals surface area contributed by atoms with E-state index in [-0.39, 0.29) is 54.8 Å². The van der Waals surface area contributed by atoms with Crippen LogP contribution in [0.3, 0.4) is 0 Å². The first-order valence-electron chi connectivity index (χ1n) is 17.6. The van der Waals surface area contributed by atoms with Gasteiger partial charge in [-0.1, -0.05) is 69.6 Å². The number of alkyl carbamates (subject to hydrolysis) is 1. The van der Waals surface area contributed by atoms with Crippen molar-refractivity contribution < 1.29 is 43.0 Å². The lowest BCUT2D eigenvalue weighted by Crippen LogP contribution is -2.57. The molecule has 0 aromatic heterocycles. The van der Waals surface area contributed by atoms with Crippen molar-refractivity contribution in [3.63, 3.8) is 0 Å². The highest BCUT2D eigenvalue weighted by Gasteiger charge is 2.56. The Labute approximate surface area is 288 Å². The number of hydrogen-bond acceptors (Lipinski definition) is 10. The average molecular weight is 682 g/mol. The first-order chi connectivity index (χ1) is 23.3. The van der Waals surface area contributed by atoms with Crippen LogP contribution in [-0.4, -0.2) is 96.7 Å². The molecule has 3 aliphatic heterocycles. The number of ether oxygens (including phenoxy) is 3. The Morgan fingerprint density at radius 1 is 1.10 bits per heavy atom. The number of benzene rings is 1. The largest absolute Gasteiger partial charge is 0.444 e. The molecule has 268 valence electrons. The molecule has 2 saturated heterocycles. The molecule has 0 radical (unpaired) electrons. The van der Waals surface area contributed by atoms with E-state index in [1.54, 1.807) is 24.3 Å². The van der Waals surface area contributed by atoms with Gasteiger partial charge in [0.05, 0.1) is 25.8 Å². The van der Waals surface area contributed by atoms with E-state index in [2.05, 4.69) is 10.5 Å². The van der Waals surface area contributed by atoms with Crippen molar-refractivity contribution in [1.29, 1.82) is 0 Å². The van der Waals surface area contributed by atoms with Gasteiger partial charge in [-0.25, -0.2) is 4.79 Å². The fourth-order valence-electron chi connectivity index (χ4n) is 7.22. The van der Waals surface area contributed by atoms with E-state index in [0.717, 1.165) is 19.3 Å². The van der Waals surface area contributed by atoms with Crippen LogP contribution in [0.25, 0.3) is 0 Å². The summed E-state index contributed by atoms with van der Waals surface area (Å²) in [6.45, 7) is 8.26. The highest BCUT2D eigenvalue weighted by Crippen LogP contribution is 2.41. The monoisotopic (exact) mass is 681 g/mol. The minimum atomic E-state index is -1.11. The van der Waals surface area contributed by atoms with Gasteiger partial charge in [-0.2, -0.15) is 0 Å². The lowest BCUT2D eigenvalue weighted by Gasteiger charge is -2.35. The van der Waals surface area contributed by atoms with Gasteiger partial charge in [0.2, 0.25) is 11.7 Å². The van der Waals surface area contributed by atoms with Crippen LogP contribution in [0.2, 0.25) is 0 Å². The maximum absolute atomic E-state index is 14.5. The Kier molecular flexibility index (Phi) is 11.6. The number of nitrogens with one attached hydrogen (secondary N) is 1. The summed E-state index contributed by atoms with van der Waals surface area (Å²) in [5, 5.41) is 6.94. The molecule has 1 aromatic carbocycles. The number of methoxy groups -OCH3 is 1. The third-order valence-electron chi connectivity index (χ3n) is 10.0. The summed E-state index contributed by atoms with van der Waals surface area (Å²) in [5.41, 5.74) is -1.18. The molecular formula is C37H51N3O9. The van der Waals surface area contributed by atoms with Crippen LogP contribution < -0.4 is 5.32 Å². The molecule has 1 saturated carbocycles. The summed E-state index contributed by atoms with van der Waals surface area (Å²) in [7, 11) is 1.51. The van der Waals surface area contributed by atoms with Crippen molar-refractivity contribution >= 4 is 35.1 Å². The summed E-state index contributed by atoms with van der Waals surface area (Å²) in [5.74, 6) is -0.945. The van der Waals surface area contributed by atoms with E-state index in [1.165, 1.54) is 12.0 Å². The second-order valence-electron chi connectivity index (χ2n) is 15.2. The molecule has 5 rings (SSSR count). The standard InChI is InChI=1S/C37H51N3O9/c1-6-10-25(32(46-5)30(42)17-23-13-14-23)18-29(41)28-20-37(19-27(39-49-37)31(43)24-11-8-7-9-12-24)22-40(28)34(44)33(36(2,3)4)38-35(45)48-26-15-16-47-21-26/h7-9,11-12,23,25-26,28,32-33H,6,10,13-22H2,1-5H3,(H,38,45)/t25-,26+,28+,32?,33-,37-/m1/s1. The number of carbonyl (C=O) groups is 5. The zero-order valence-corrected chi connectivity index (χ0v) is 29.4. The highest BCUT2D eigenvalue weighted by molar-refractivity contribution is 6.46. The SMILES string of the molecule is CCC[C@H](CC(=O)[C@@H]1C[C@]2(CC(C(=O)c3ccccc3)=NO2)CN1C(=O)[C@@H](NC(=O)O[C@H]1CCOC1)C(C)(C)C)C(OC)C(=O)CC1CC1. The maximum atomic E-state index is 14.5. The number of rotatable bonds is 15. The Balaban J connectivity index is 1.39. The molecule has 4 aliphatic rings. The Bertz CT molecular complexity index is 1410. The molecule has 0 bridgehead atoms. The molecule has 1 aromatic rings. The van der Waals surface area contributed by atoms with Gasteiger partial charge in [0, 0.05) is 44.8 Å². The summed E-state index contributed by atoms with van der Waals surface area (Å²) >= 11 is 0. The predicted octanol–water partition coefficient (Wildman–Crippen LogP) is 4.67. The minimum absolute atomic E-state index is 0.00633. The molecule has 12 heteroatoms. The minimum Gasteiger partial charge on any atom is -0.444 e. The molecular weight excluding hydrogens is 630 g/mol. The van der Waals surface area contributed by atoms with Gasteiger partial charge in [-0.05, 0) is 36.5 Å². The quantitative estimate of drug-likeness (QED) is 0.261. The lowest BCUT2D eigenvalue weighted by molar-refractivity contribution is -0.143. The second kappa shape index (κ2) is 15.5. The van der Waals surface area contributed by atoms with Gasteiger partial charge in [-0.15, -0.1) is 0 Å². The Hall–Kier alpha value is -3.64. The first kappa shape index (κ1) is 36.6. The van der Waals surface area contributed by atoms with Gasteiger partial charge >= 0.3 is 6.09 Å². The van der Waals surface area contributed by atoms with Crippen LogP contribution in [0.15, 0.2) is 35.5 Å². The zero-order chi connectivity index (χ0) is 35.3. The van der Waals surface area contributed by atoms with Gasteiger partial charge in [0.25, 0.3) is 0 Å². The lowest BCUT2D eigenvalue weighted by atomic mass is 9.84. The Morgan fingerprint density at radius 2 is 1.84 bits per heavy atom. The van der Waals surface area contributed by atoms with Crippen LogP contribution in [0.1, 0.15) is 95.8 Å². The van der Waals surface area contributed by atoms with Crippen molar-refractivity contribution in [2.45, 2.75) is 115 Å². The highest BCUT2D eigenvalue weighted by atomic mass is 16.7. The molecule has 1 aliphatic carbocycles. The number of carbonyl (C=O) groups excluding carboxylic acids is 5. The number of ketones is 3. The van der Waals surface area contributed by atoms with Crippen molar-refractivity contribution in [3.05, 3.63) is 35.9 Å². The number of oxime groups is 1. The molecule has 12 nitrogen and oxygen atoms in total. The fourth-order valence-corrected chi connectivity index (χ4v) is 7.22.